The minimum Gasteiger partial charge on any atom is -0.354 e. The number of nitriles is 1. The number of hydrogen-bond acceptors (Lipinski definition) is 5. The molecule has 0 bridgehead atoms. The average molecular weight is 320 g/mol. The van der Waals surface area contributed by atoms with Crippen LogP contribution < -0.4 is 4.90 Å². The highest BCUT2D eigenvalue weighted by atomic mass is 35.5. The van der Waals surface area contributed by atoms with Crippen molar-refractivity contribution in [3.05, 3.63) is 22.8 Å². The van der Waals surface area contributed by atoms with E-state index in [1.807, 2.05) is 6.07 Å². The molecule has 1 aromatic rings. The summed E-state index contributed by atoms with van der Waals surface area (Å²) in [4.78, 5) is 11.7. The van der Waals surface area contributed by atoms with Gasteiger partial charge in [-0.1, -0.05) is 11.6 Å². The largest absolute Gasteiger partial charge is 0.354 e. The number of piperazine rings is 1. The van der Waals surface area contributed by atoms with Crippen LogP contribution in [0.1, 0.15) is 18.5 Å². The number of halogens is 1. The van der Waals surface area contributed by atoms with Gasteiger partial charge in [0.1, 0.15) is 11.9 Å². The van der Waals surface area contributed by atoms with Crippen molar-refractivity contribution >= 4 is 17.4 Å². The van der Waals surface area contributed by atoms with Crippen molar-refractivity contribution in [3.63, 3.8) is 0 Å². The molecule has 1 aromatic heterocycles. The van der Waals surface area contributed by atoms with Gasteiger partial charge in [0, 0.05) is 38.8 Å². The van der Waals surface area contributed by atoms with E-state index in [1.165, 1.54) is 25.9 Å². The fraction of sp³-hybridized carbons (Fsp3) is 0.625. The Labute approximate surface area is 137 Å². The molecule has 2 fully saturated rings. The van der Waals surface area contributed by atoms with Gasteiger partial charge in [-0.05, 0) is 38.6 Å². The van der Waals surface area contributed by atoms with E-state index in [-0.39, 0.29) is 0 Å². The zero-order valence-electron chi connectivity index (χ0n) is 13.0. The number of likely N-dealkylation sites (N-methyl/N-ethyl adjacent to an activating group) is 1. The molecule has 3 heterocycles. The second kappa shape index (κ2) is 6.82. The first kappa shape index (κ1) is 15.5. The maximum atomic E-state index is 9.05. The normalized spacial score (nSPS) is 24.2. The van der Waals surface area contributed by atoms with E-state index in [9.17, 15) is 0 Å². The lowest BCUT2D eigenvalue weighted by molar-refractivity contribution is 0.106. The van der Waals surface area contributed by atoms with Crippen LogP contribution in [0.3, 0.4) is 0 Å². The molecular weight excluding hydrogens is 298 g/mol. The van der Waals surface area contributed by atoms with Crippen molar-refractivity contribution in [3.8, 4) is 6.07 Å². The summed E-state index contributed by atoms with van der Waals surface area (Å²) in [7, 11) is 2.21. The Morgan fingerprint density at radius 3 is 2.68 bits per heavy atom. The number of piperidine rings is 1. The molecule has 0 N–H and O–H groups in total. The van der Waals surface area contributed by atoms with Gasteiger partial charge in [-0.3, -0.25) is 4.90 Å². The Balaban J connectivity index is 1.61. The van der Waals surface area contributed by atoms with Crippen LogP contribution in [0.25, 0.3) is 0 Å². The molecule has 118 valence electrons. The maximum Gasteiger partial charge on any atom is 0.161 e. The Bertz CT molecular complexity index is 562. The Morgan fingerprint density at radius 2 is 2.00 bits per heavy atom. The van der Waals surface area contributed by atoms with Gasteiger partial charge in [-0.2, -0.15) is 5.26 Å². The van der Waals surface area contributed by atoms with Gasteiger partial charge in [0.05, 0.1) is 5.02 Å². The molecule has 5 nitrogen and oxygen atoms in total. The van der Waals surface area contributed by atoms with E-state index in [0.717, 1.165) is 32.0 Å². The molecule has 1 atom stereocenters. The number of hydrogen-bond donors (Lipinski definition) is 0. The SMILES string of the molecule is CN1CCCC(N2CCN(c3ccc(Cl)c(C#N)n3)CC2)C1. The standard InChI is InChI=1S/C16H22ClN5/c1-20-6-2-3-13(12-20)21-7-9-22(10-8-21)16-5-4-14(17)15(11-18)19-16/h4-5,13H,2-3,6-10,12H2,1H3. The van der Waals surface area contributed by atoms with Crippen molar-refractivity contribution in [2.45, 2.75) is 18.9 Å². The van der Waals surface area contributed by atoms with Gasteiger partial charge in [0.25, 0.3) is 0 Å². The number of pyridine rings is 1. The number of nitrogens with zero attached hydrogens (tertiary/aromatic N) is 5. The smallest absolute Gasteiger partial charge is 0.161 e. The molecule has 0 radical (unpaired) electrons. The second-order valence-electron chi connectivity index (χ2n) is 6.19. The number of aromatic nitrogens is 1. The number of likely N-dealkylation sites (tertiary alicyclic amines) is 1. The molecule has 1 unspecified atom stereocenters. The van der Waals surface area contributed by atoms with E-state index in [0.29, 0.717) is 16.8 Å². The first-order chi connectivity index (χ1) is 10.7. The quantitative estimate of drug-likeness (QED) is 0.832. The summed E-state index contributed by atoms with van der Waals surface area (Å²) >= 11 is 5.96. The van der Waals surface area contributed by atoms with Crippen molar-refractivity contribution in [1.82, 2.24) is 14.8 Å². The molecule has 0 amide bonds. The van der Waals surface area contributed by atoms with E-state index in [1.54, 1.807) is 6.07 Å². The lowest BCUT2D eigenvalue weighted by atomic mass is 10.0. The van der Waals surface area contributed by atoms with Crippen LogP contribution in [0.15, 0.2) is 12.1 Å². The highest BCUT2D eigenvalue weighted by molar-refractivity contribution is 6.31. The van der Waals surface area contributed by atoms with Crippen LogP contribution in [-0.2, 0) is 0 Å². The number of anilines is 1. The molecule has 2 aliphatic heterocycles. The molecule has 3 rings (SSSR count). The first-order valence-corrected chi connectivity index (χ1v) is 8.29. The van der Waals surface area contributed by atoms with Gasteiger partial charge >= 0.3 is 0 Å². The van der Waals surface area contributed by atoms with Crippen LogP contribution in [-0.4, -0.2) is 67.1 Å². The molecule has 22 heavy (non-hydrogen) atoms. The van der Waals surface area contributed by atoms with Crippen LogP contribution in [0.5, 0.6) is 0 Å². The summed E-state index contributed by atoms with van der Waals surface area (Å²) in [6.45, 7) is 6.44. The third kappa shape index (κ3) is 3.35. The second-order valence-corrected chi connectivity index (χ2v) is 6.60. The van der Waals surface area contributed by atoms with Crippen molar-refractivity contribution < 1.29 is 0 Å². The van der Waals surface area contributed by atoms with Gasteiger partial charge in [-0.25, -0.2) is 4.98 Å². The summed E-state index contributed by atoms with van der Waals surface area (Å²) in [6.07, 6.45) is 2.60. The van der Waals surface area contributed by atoms with Crippen LogP contribution >= 0.6 is 11.6 Å². The summed E-state index contributed by atoms with van der Waals surface area (Å²) in [5.74, 6) is 0.862. The Kier molecular flexibility index (Phi) is 4.82. The van der Waals surface area contributed by atoms with Gasteiger partial charge in [0.2, 0.25) is 0 Å². The van der Waals surface area contributed by atoms with E-state index in [2.05, 4.69) is 32.8 Å². The van der Waals surface area contributed by atoms with Crippen molar-refractivity contribution in [2.24, 2.45) is 0 Å². The van der Waals surface area contributed by atoms with Gasteiger partial charge in [-0.15, -0.1) is 0 Å². The summed E-state index contributed by atoms with van der Waals surface area (Å²) in [5, 5.41) is 9.48. The molecule has 2 saturated heterocycles. The minimum absolute atomic E-state index is 0.315. The lowest BCUT2D eigenvalue weighted by Gasteiger charge is -2.43. The summed E-state index contributed by atoms with van der Waals surface area (Å²) in [5.41, 5.74) is 0.315. The zero-order chi connectivity index (χ0) is 15.5. The predicted molar refractivity (Wildman–Crippen MR) is 88.3 cm³/mol. The van der Waals surface area contributed by atoms with E-state index < -0.39 is 0 Å². The topological polar surface area (TPSA) is 46.4 Å². The molecular formula is C16H22ClN5. The summed E-state index contributed by atoms with van der Waals surface area (Å²) in [6, 6.07) is 6.42. The first-order valence-electron chi connectivity index (χ1n) is 7.91. The third-order valence-electron chi connectivity index (χ3n) is 4.69. The van der Waals surface area contributed by atoms with Crippen LogP contribution in [0, 0.1) is 11.3 Å². The van der Waals surface area contributed by atoms with Gasteiger partial charge < -0.3 is 9.80 Å². The molecule has 0 saturated carbocycles. The fourth-order valence-corrected chi connectivity index (χ4v) is 3.59. The maximum absolute atomic E-state index is 9.05. The molecule has 2 aliphatic rings. The number of rotatable bonds is 2. The fourth-order valence-electron chi connectivity index (χ4n) is 3.44. The van der Waals surface area contributed by atoms with Crippen LogP contribution in [0.4, 0.5) is 5.82 Å². The van der Waals surface area contributed by atoms with E-state index in [4.69, 9.17) is 16.9 Å². The molecule has 0 aromatic carbocycles. The lowest BCUT2D eigenvalue weighted by Crippen LogP contribution is -2.54. The molecule has 6 heteroatoms. The van der Waals surface area contributed by atoms with Crippen molar-refractivity contribution in [2.75, 3.05) is 51.2 Å². The highest BCUT2D eigenvalue weighted by Crippen LogP contribution is 2.22. The predicted octanol–water partition coefficient (Wildman–Crippen LogP) is 1.82. The molecule has 0 spiro atoms. The average Bonchev–Trinajstić information content (AvgIpc) is 2.55. The monoisotopic (exact) mass is 319 g/mol. The zero-order valence-corrected chi connectivity index (χ0v) is 13.8. The van der Waals surface area contributed by atoms with Crippen molar-refractivity contribution in [1.29, 1.82) is 5.26 Å². The Hall–Kier alpha value is -1.35. The summed E-state index contributed by atoms with van der Waals surface area (Å²) < 4.78 is 0. The van der Waals surface area contributed by atoms with Crippen LogP contribution in [0.2, 0.25) is 5.02 Å². The molecule has 0 aliphatic carbocycles. The third-order valence-corrected chi connectivity index (χ3v) is 5.00. The highest BCUT2D eigenvalue weighted by Gasteiger charge is 2.27. The Morgan fingerprint density at radius 1 is 1.23 bits per heavy atom. The minimum atomic E-state index is 0.315. The van der Waals surface area contributed by atoms with Gasteiger partial charge in [0.15, 0.2) is 5.69 Å². The van der Waals surface area contributed by atoms with E-state index >= 15 is 0 Å².